The number of alkyl halides is 2. The molecule has 0 spiro atoms. The Morgan fingerprint density at radius 3 is 2.59 bits per heavy atom. The van der Waals surface area contributed by atoms with E-state index in [1.807, 2.05) is 13.8 Å². The number of morpholine rings is 1. The van der Waals surface area contributed by atoms with Crippen LogP contribution < -0.4 is 5.32 Å². The highest BCUT2D eigenvalue weighted by atomic mass is 19.3. The second-order valence-corrected chi connectivity index (χ2v) is 6.78. The van der Waals surface area contributed by atoms with E-state index in [9.17, 15) is 13.6 Å². The molecule has 0 aliphatic carbocycles. The summed E-state index contributed by atoms with van der Waals surface area (Å²) in [5, 5.41) is 3.01. The zero-order valence-corrected chi connectivity index (χ0v) is 15.8. The van der Waals surface area contributed by atoms with Crippen molar-refractivity contribution in [3.05, 3.63) is 12.2 Å². The SMILES string of the molecule is CCn1c(C(F)F)nc2c(N[C@@H](C)C(=O)N3CC(C)OC(C)C3)ncnc21. The van der Waals surface area contributed by atoms with Crippen molar-refractivity contribution in [2.45, 2.75) is 58.9 Å². The lowest BCUT2D eigenvalue weighted by atomic mass is 10.2. The van der Waals surface area contributed by atoms with E-state index in [1.165, 1.54) is 10.9 Å². The summed E-state index contributed by atoms with van der Waals surface area (Å²) in [4.78, 5) is 26.7. The number of anilines is 1. The number of halogens is 2. The van der Waals surface area contributed by atoms with Crippen molar-refractivity contribution in [1.82, 2.24) is 24.4 Å². The molecule has 10 heteroatoms. The van der Waals surface area contributed by atoms with Crippen LogP contribution in [0.5, 0.6) is 0 Å². The predicted octanol–water partition coefficient (Wildman–Crippen LogP) is 2.22. The van der Waals surface area contributed by atoms with Crippen LogP contribution in [0.3, 0.4) is 0 Å². The van der Waals surface area contributed by atoms with Crippen LogP contribution in [-0.4, -0.2) is 61.7 Å². The average Bonchev–Trinajstić information content (AvgIpc) is 3.00. The lowest BCUT2D eigenvalue weighted by molar-refractivity contribution is -0.143. The van der Waals surface area contributed by atoms with Crippen LogP contribution >= 0.6 is 0 Å². The van der Waals surface area contributed by atoms with Crippen molar-refractivity contribution in [2.75, 3.05) is 18.4 Å². The molecule has 27 heavy (non-hydrogen) atoms. The molecule has 1 aliphatic heterocycles. The first-order valence-corrected chi connectivity index (χ1v) is 9.01. The molecule has 1 saturated heterocycles. The van der Waals surface area contributed by atoms with Gasteiger partial charge < -0.3 is 19.5 Å². The third-order valence-electron chi connectivity index (χ3n) is 4.53. The molecule has 2 aromatic heterocycles. The maximum atomic E-state index is 13.3. The smallest absolute Gasteiger partial charge is 0.295 e. The van der Waals surface area contributed by atoms with Gasteiger partial charge in [-0.1, -0.05) is 0 Å². The number of aromatic nitrogens is 4. The summed E-state index contributed by atoms with van der Waals surface area (Å²) in [6.45, 7) is 8.63. The third-order valence-corrected chi connectivity index (χ3v) is 4.53. The molecule has 3 rings (SSSR count). The predicted molar refractivity (Wildman–Crippen MR) is 95.6 cm³/mol. The Morgan fingerprint density at radius 1 is 1.33 bits per heavy atom. The standard InChI is InChI=1S/C17H24F2N6O2/c1-5-25-15-12(23-16(25)13(18)19)14(20-8-21-15)22-11(4)17(26)24-6-9(2)27-10(3)7-24/h8-11,13H,5-7H2,1-4H3,(H,20,21,22)/t9?,10?,11-/m0/s1. The van der Waals surface area contributed by atoms with Gasteiger partial charge in [-0.15, -0.1) is 0 Å². The summed E-state index contributed by atoms with van der Waals surface area (Å²) in [7, 11) is 0. The summed E-state index contributed by atoms with van der Waals surface area (Å²) in [5.74, 6) is -0.192. The van der Waals surface area contributed by atoms with E-state index in [2.05, 4.69) is 20.3 Å². The molecule has 0 bridgehead atoms. The van der Waals surface area contributed by atoms with Gasteiger partial charge in [-0.3, -0.25) is 4.79 Å². The molecule has 3 heterocycles. The summed E-state index contributed by atoms with van der Waals surface area (Å²) >= 11 is 0. The van der Waals surface area contributed by atoms with Crippen LogP contribution in [0.4, 0.5) is 14.6 Å². The minimum absolute atomic E-state index is 0.0375. The summed E-state index contributed by atoms with van der Waals surface area (Å²) in [6.07, 6.45) is -1.51. The Labute approximate surface area is 155 Å². The number of aryl methyl sites for hydroxylation is 1. The van der Waals surface area contributed by atoms with E-state index in [0.717, 1.165) is 0 Å². The number of fused-ring (bicyclic) bond motifs is 1. The fourth-order valence-electron chi connectivity index (χ4n) is 3.44. The van der Waals surface area contributed by atoms with Crippen LogP contribution in [0.25, 0.3) is 11.2 Å². The van der Waals surface area contributed by atoms with E-state index >= 15 is 0 Å². The van der Waals surface area contributed by atoms with Gasteiger partial charge in [0.25, 0.3) is 6.43 Å². The quantitative estimate of drug-likeness (QED) is 0.854. The highest BCUT2D eigenvalue weighted by Crippen LogP contribution is 2.26. The summed E-state index contributed by atoms with van der Waals surface area (Å²) in [6, 6.07) is -0.595. The van der Waals surface area contributed by atoms with Crippen molar-refractivity contribution < 1.29 is 18.3 Å². The van der Waals surface area contributed by atoms with E-state index < -0.39 is 12.5 Å². The van der Waals surface area contributed by atoms with Crippen LogP contribution in [-0.2, 0) is 16.1 Å². The molecule has 0 saturated carbocycles. The second kappa shape index (κ2) is 7.71. The Morgan fingerprint density at radius 2 is 2.00 bits per heavy atom. The fourth-order valence-corrected chi connectivity index (χ4v) is 3.44. The van der Waals surface area contributed by atoms with E-state index in [0.29, 0.717) is 25.3 Å². The van der Waals surface area contributed by atoms with Crippen molar-refractivity contribution >= 4 is 22.9 Å². The number of nitrogens with zero attached hydrogens (tertiary/aromatic N) is 5. The van der Waals surface area contributed by atoms with Crippen LogP contribution in [0.1, 0.15) is 39.9 Å². The van der Waals surface area contributed by atoms with Gasteiger partial charge in [-0.2, -0.15) is 0 Å². The number of hydrogen-bond acceptors (Lipinski definition) is 6. The molecule has 1 N–H and O–H groups in total. The van der Waals surface area contributed by atoms with E-state index in [-0.39, 0.29) is 35.3 Å². The van der Waals surface area contributed by atoms with Gasteiger partial charge >= 0.3 is 0 Å². The van der Waals surface area contributed by atoms with Gasteiger partial charge in [0.15, 0.2) is 22.8 Å². The van der Waals surface area contributed by atoms with Gasteiger partial charge in [0.1, 0.15) is 12.4 Å². The maximum absolute atomic E-state index is 13.3. The van der Waals surface area contributed by atoms with E-state index in [4.69, 9.17) is 4.74 Å². The molecule has 148 valence electrons. The largest absolute Gasteiger partial charge is 0.372 e. The minimum Gasteiger partial charge on any atom is -0.372 e. The highest BCUT2D eigenvalue weighted by molar-refractivity contribution is 5.89. The number of carbonyl (C=O) groups excluding carboxylic acids is 1. The molecule has 8 nitrogen and oxygen atoms in total. The first-order valence-electron chi connectivity index (χ1n) is 9.01. The Hall–Kier alpha value is -2.36. The number of amides is 1. The average molecular weight is 382 g/mol. The van der Waals surface area contributed by atoms with Crippen LogP contribution in [0.2, 0.25) is 0 Å². The van der Waals surface area contributed by atoms with Crippen molar-refractivity contribution in [3.8, 4) is 0 Å². The van der Waals surface area contributed by atoms with Gasteiger partial charge in [0.2, 0.25) is 5.91 Å². The topological polar surface area (TPSA) is 85.2 Å². The molecule has 3 atom stereocenters. The molecule has 1 fully saturated rings. The molecule has 1 amide bonds. The first-order chi connectivity index (χ1) is 12.8. The monoisotopic (exact) mass is 382 g/mol. The number of ether oxygens (including phenoxy) is 1. The van der Waals surface area contributed by atoms with E-state index in [1.54, 1.807) is 18.7 Å². The first kappa shape index (κ1) is 19.4. The number of hydrogen-bond donors (Lipinski definition) is 1. The molecule has 2 unspecified atom stereocenters. The number of carbonyl (C=O) groups is 1. The Kier molecular flexibility index (Phi) is 5.54. The van der Waals surface area contributed by atoms with Crippen LogP contribution in [0, 0.1) is 0 Å². The lowest BCUT2D eigenvalue weighted by Gasteiger charge is -2.36. The van der Waals surface area contributed by atoms with Gasteiger partial charge in [0, 0.05) is 19.6 Å². The fraction of sp³-hybridized carbons (Fsp3) is 0.647. The Balaban J connectivity index is 1.84. The minimum atomic E-state index is -2.72. The number of imidazole rings is 1. The van der Waals surface area contributed by atoms with Crippen molar-refractivity contribution in [3.63, 3.8) is 0 Å². The maximum Gasteiger partial charge on any atom is 0.295 e. The number of nitrogens with one attached hydrogen (secondary N) is 1. The van der Waals surface area contributed by atoms with Gasteiger partial charge in [0.05, 0.1) is 12.2 Å². The third kappa shape index (κ3) is 3.85. The molecule has 0 aromatic carbocycles. The summed E-state index contributed by atoms with van der Waals surface area (Å²) < 4.78 is 33.5. The van der Waals surface area contributed by atoms with Crippen molar-refractivity contribution in [2.24, 2.45) is 0 Å². The number of rotatable bonds is 5. The van der Waals surface area contributed by atoms with Gasteiger partial charge in [-0.25, -0.2) is 23.7 Å². The lowest BCUT2D eigenvalue weighted by Crippen LogP contribution is -2.52. The zero-order valence-electron chi connectivity index (χ0n) is 15.8. The molecule has 1 aliphatic rings. The second-order valence-electron chi connectivity index (χ2n) is 6.78. The highest BCUT2D eigenvalue weighted by Gasteiger charge is 2.29. The molecular formula is C17H24F2N6O2. The molecule has 0 radical (unpaired) electrons. The molecule has 2 aromatic rings. The van der Waals surface area contributed by atoms with Gasteiger partial charge in [-0.05, 0) is 27.7 Å². The van der Waals surface area contributed by atoms with Crippen LogP contribution in [0.15, 0.2) is 6.33 Å². The van der Waals surface area contributed by atoms with Crippen molar-refractivity contribution in [1.29, 1.82) is 0 Å². The summed E-state index contributed by atoms with van der Waals surface area (Å²) in [5.41, 5.74) is 0.552. The Bertz CT molecular complexity index is 817. The zero-order chi connectivity index (χ0) is 19.7. The molecular weight excluding hydrogens is 358 g/mol. The normalized spacial score (nSPS) is 21.7.